The standard InChI is InChI=1S/C17H26N4/c1-5-8-18-16(11-17-19-12-20-21(17)4)10-15-7-6-13(2)14(3)9-15/h6-7,9,12,16,18H,5,8,10-11H2,1-4H3. The number of rotatable bonds is 7. The van der Waals surface area contributed by atoms with Gasteiger partial charge in [0, 0.05) is 19.5 Å². The molecular weight excluding hydrogens is 260 g/mol. The van der Waals surface area contributed by atoms with Gasteiger partial charge in [0.1, 0.15) is 12.2 Å². The van der Waals surface area contributed by atoms with E-state index in [4.69, 9.17) is 0 Å². The summed E-state index contributed by atoms with van der Waals surface area (Å²) in [6, 6.07) is 7.14. The van der Waals surface area contributed by atoms with Crippen molar-refractivity contribution in [2.75, 3.05) is 6.54 Å². The van der Waals surface area contributed by atoms with Crippen LogP contribution in [0.3, 0.4) is 0 Å². The van der Waals surface area contributed by atoms with E-state index in [0.717, 1.165) is 31.6 Å². The van der Waals surface area contributed by atoms with E-state index in [0.29, 0.717) is 6.04 Å². The fraction of sp³-hybridized carbons (Fsp3) is 0.529. The second-order valence-corrected chi connectivity index (χ2v) is 5.78. The van der Waals surface area contributed by atoms with Crippen LogP contribution in [0.5, 0.6) is 0 Å². The van der Waals surface area contributed by atoms with Crippen molar-refractivity contribution < 1.29 is 0 Å². The van der Waals surface area contributed by atoms with Crippen LogP contribution in [-0.4, -0.2) is 27.4 Å². The van der Waals surface area contributed by atoms with Crippen molar-refractivity contribution in [3.05, 3.63) is 47.0 Å². The van der Waals surface area contributed by atoms with Crippen LogP contribution in [-0.2, 0) is 19.9 Å². The third-order valence-corrected chi connectivity index (χ3v) is 3.97. The van der Waals surface area contributed by atoms with Crippen molar-refractivity contribution in [3.8, 4) is 0 Å². The molecule has 1 unspecified atom stereocenters. The van der Waals surface area contributed by atoms with E-state index in [2.05, 4.69) is 54.4 Å². The Kier molecular flexibility index (Phi) is 5.51. The molecule has 0 radical (unpaired) electrons. The van der Waals surface area contributed by atoms with E-state index in [1.165, 1.54) is 16.7 Å². The van der Waals surface area contributed by atoms with Crippen LogP contribution in [0.1, 0.15) is 35.9 Å². The molecule has 4 heteroatoms. The van der Waals surface area contributed by atoms with Crippen molar-refractivity contribution in [3.63, 3.8) is 0 Å². The summed E-state index contributed by atoms with van der Waals surface area (Å²) in [5.41, 5.74) is 4.10. The third-order valence-electron chi connectivity index (χ3n) is 3.97. The molecule has 2 rings (SSSR count). The second kappa shape index (κ2) is 7.36. The first-order valence-electron chi connectivity index (χ1n) is 7.72. The Morgan fingerprint density at radius 3 is 2.62 bits per heavy atom. The molecule has 1 heterocycles. The summed E-state index contributed by atoms with van der Waals surface area (Å²) in [6.45, 7) is 7.57. The van der Waals surface area contributed by atoms with Gasteiger partial charge in [0.25, 0.3) is 0 Å². The highest BCUT2D eigenvalue weighted by molar-refractivity contribution is 5.30. The molecule has 21 heavy (non-hydrogen) atoms. The van der Waals surface area contributed by atoms with Crippen molar-refractivity contribution in [2.45, 2.75) is 46.1 Å². The molecule has 0 amide bonds. The molecule has 4 nitrogen and oxygen atoms in total. The average Bonchev–Trinajstić information content (AvgIpc) is 2.85. The lowest BCUT2D eigenvalue weighted by molar-refractivity contribution is 0.485. The molecule has 0 aliphatic carbocycles. The zero-order chi connectivity index (χ0) is 15.2. The second-order valence-electron chi connectivity index (χ2n) is 5.78. The molecule has 0 fully saturated rings. The number of hydrogen-bond donors (Lipinski definition) is 1. The molecule has 2 aromatic rings. The van der Waals surface area contributed by atoms with E-state index < -0.39 is 0 Å². The zero-order valence-corrected chi connectivity index (χ0v) is 13.6. The Bertz CT molecular complexity index is 574. The highest BCUT2D eigenvalue weighted by atomic mass is 15.3. The SMILES string of the molecule is CCCNC(Cc1ccc(C)c(C)c1)Cc1ncnn1C. The van der Waals surface area contributed by atoms with Gasteiger partial charge in [0.15, 0.2) is 0 Å². The van der Waals surface area contributed by atoms with E-state index in [9.17, 15) is 0 Å². The van der Waals surface area contributed by atoms with Crippen LogP contribution >= 0.6 is 0 Å². The third kappa shape index (κ3) is 4.39. The minimum Gasteiger partial charge on any atom is -0.313 e. The summed E-state index contributed by atoms with van der Waals surface area (Å²) in [5, 5.41) is 7.80. The predicted octanol–water partition coefficient (Wildman–Crippen LogP) is 2.59. The highest BCUT2D eigenvalue weighted by Gasteiger charge is 2.13. The Balaban J connectivity index is 2.08. The summed E-state index contributed by atoms with van der Waals surface area (Å²) in [6.07, 6.45) is 4.70. The summed E-state index contributed by atoms with van der Waals surface area (Å²) in [4.78, 5) is 4.35. The molecule has 1 aromatic carbocycles. The number of nitrogens with zero attached hydrogens (tertiary/aromatic N) is 3. The van der Waals surface area contributed by atoms with Crippen molar-refractivity contribution in [1.29, 1.82) is 0 Å². The van der Waals surface area contributed by atoms with Crippen LogP contribution in [0.4, 0.5) is 0 Å². The maximum atomic E-state index is 4.35. The van der Waals surface area contributed by atoms with Gasteiger partial charge in [-0.15, -0.1) is 0 Å². The maximum absolute atomic E-state index is 4.35. The number of hydrogen-bond acceptors (Lipinski definition) is 3. The maximum Gasteiger partial charge on any atom is 0.138 e. The summed E-state index contributed by atoms with van der Waals surface area (Å²) in [5.74, 6) is 1.03. The topological polar surface area (TPSA) is 42.7 Å². The molecule has 1 aromatic heterocycles. The number of aryl methyl sites for hydroxylation is 3. The van der Waals surface area contributed by atoms with Crippen molar-refractivity contribution >= 4 is 0 Å². The van der Waals surface area contributed by atoms with Crippen LogP contribution < -0.4 is 5.32 Å². The van der Waals surface area contributed by atoms with Crippen molar-refractivity contribution in [2.24, 2.45) is 7.05 Å². The van der Waals surface area contributed by atoms with Crippen LogP contribution in [0.2, 0.25) is 0 Å². The molecule has 0 aliphatic rings. The first-order valence-corrected chi connectivity index (χ1v) is 7.72. The van der Waals surface area contributed by atoms with E-state index in [-0.39, 0.29) is 0 Å². The van der Waals surface area contributed by atoms with Crippen molar-refractivity contribution in [1.82, 2.24) is 20.1 Å². The van der Waals surface area contributed by atoms with Gasteiger partial charge in [0.05, 0.1) is 0 Å². The van der Waals surface area contributed by atoms with Crippen LogP contribution in [0, 0.1) is 13.8 Å². The molecule has 1 atom stereocenters. The normalized spacial score (nSPS) is 12.6. The summed E-state index contributed by atoms with van der Waals surface area (Å²) >= 11 is 0. The molecule has 0 aliphatic heterocycles. The molecule has 0 saturated heterocycles. The molecule has 1 N–H and O–H groups in total. The zero-order valence-electron chi connectivity index (χ0n) is 13.6. The molecular formula is C17H26N4. The lowest BCUT2D eigenvalue weighted by atomic mass is 9.99. The largest absolute Gasteiger partial charge is 0.313 e. The van der Waals surface area contributed by atoms with Gasteiger partial charge < -0.3 is 5.32 Å². The molecule has 114 valence electrons. The van der Waals surface area contributed by atoms with Gasteiger partial charge in [-0.3, -0.25) is 4.68 Å². The lowest BCUT2D eigenvalue weighted by Gasteiger charge is -2.18. The average molecular weight is 286 g/mol. The molecule has 0 saturated carbocycles. The summed E-state index contributed by atoms with van der Waals surface area (Å²) in [7, 11) is 1.95. The first kappa shape index (κ1) is 15.7. The van der Waals surface area contributed by atoms with Gasteiger partial charge in [0.2, 0.25) is 0 Å². The van der Waals surface area contributed by atoms with E-state index in [1.807, 2.05) is 11.7 Å². The number of aromatic nitrogens is 3. The highest BCUT2D eigenvalue weighted by Crippen LogP contribution is 2.13. The van der Waals surface area contributed by atoms with Crippen LogP contribution in [0.25, 0.3) is 0 Å². The van der Waals surface area contributed by atoms with Gasteiger partial charge in [-0.25, -0.2) is 4.98 Å². The first-order chi connectivity index (χ1) is 10.1. The predicted molar refractivity (Wildman–Crippen MR) is 86.4 cm³/mol. The molecule has 0 spiro atoms. The van der Waals surface area contributed by atoms with Gasteiger partial charge >= 0.3 is 0 Å². The van der Waals surface area contributed by atoms with E-state index >= 15 is 0 Å². The minimum atomic E-state index is 0.398. The lowest BCUT2D eigenvalue weighted by Crippen LogP contribution is -2.34. The van der Waals surface area contributed by atoms with Gasteiger partial charge in [-0.1, -0.05) is 25.1 Å². The molecule has 0 bridgehead atoms. The van der Waals surface area contributed by atoms with Gasteiger partial charge in [-0.2, -0.15) is 5.10 Å². The Hall–Kier alpha value is -1.68. The Morgan fingerprint density at radius 2 is 2.00 bits per heavy atom. The van der Waals surface area contributed by atoms with Gasteiger partial charge in [-0.05, 0) is 49.9 Å². The number of nitrogens with one attached hydrogen (secondary N) is 1. The minimum absolute atomic E-state index is 0.398. The fourth-order valence-corrected chi connectivity index (χ4v) is 2.51. The van der Waals surface area contributed by atoms with E-state index in [1.54, 1.807) is 6.33 Å². The van der Waals surface area contributed by atoms with Crippen LogP contribution in [0.15, 0.2) is 24.5 Å². The quantitative estimate of drug-likeness (QED) is 0.850. The smallest absolute Gasteiger partial charge is 0.138 e. The fourth-order valence-electron chi connectivity index (χ4n) is 2.51. The Labute approximate surface area is 127 Å². The number of benzene rings is 1. The Morgan fingerprint density at radius 1 is 1.19 bits per heavy atom. The monoisotopic (exact) mass is 286 g/mol. The summed E-state index contributed by atoms with van der Waals surface area (Å²) < 4.78 is 1.86.